The van der Waals surface area contributed by atoms with Crippen LogP contribution in [-0.4, -0.2) is 28.5 Å². The smallest absolute Gasteiger partial charge is 0.255 e. The molecule has 1 aliphatic rings. The molecule has 1 aromatic rings. The van der Waals surface area contributed by atoms with Crippen molar-refractivity contribution in [3.05, 3.63) is 24.0 Å². The Kier molecular flexibility index (Phi) is 3.09. The molecule has 0 spiro atoms. The summed E-state index contributed by atoms with van der Waals surface area (Å²) in [4.78, 5) is 14.1. The van der Waals surface area contributed by atoms with Gasteiger partial charge in [0.1, 0.15) is 0 Å². The summed E-state index contributed by atoms with van der Waals surface area (Å²) in [5.41, 5.74) is 0.819. The normalized spacial score (nSPS) is 17.5. The number of rotatable bonds is 1. The van der Waals surface area contributed by atoms with Crippen molar-refractivity contribution in [3.63, 3.8) is 0 Å². The van der Waals surface area contributed by atoms with Crippen molar-refractivity contribution >= 4 is 5.91 Å². The Balaban J connectivity index is 2.06. The Morgan fingerprint density at radius 3 is 2.40 bits per heavy atom. The predicted molar refractivity (Wildman–Crippen MR) is 59.8 cm³/mol. The molecule has 2 heterocycles. The molecule has 2 rings (SSSR count). The van der Waals surface area contributed by atoms with Gasteiger partial charge in [0, 0.05) is 32.5 Å². The van der Waals surface area contributed by atoms with E-state index in [0.29, 0.717) is 0 Å². The van der Waals surface area contributed by atoms with E-state index in [0.717, 1.165) is 31.5 Å². The van der Waals surface area contributed by atoms with Crippen LogP contribution in [0.15, 0.2) is 18.5 Å². The lowest BCUT2D eigenvalue weighted by Crippen LogP contribution is -2.31. The van der Waals surface area contributed by atoms with Crippen molar-refractivity contribution in [3.8, 4) is 0 Å². The average Bonchev–Trinajstić information content (AvgIpc) is 2.53. The lowest BCUT2D eigenvalue weighted by molar-refractivity contribution is 0.0761. The molecule has 82 valence electrons. The zero-order valence-corrected chi connectivity index (χ0v) is 9.28. The van der Waals surface area contributed by atoms with Crippen molar-refractivity contribution in [2.45, 2.75) is 25.7 Å². The van der Waals surface area contributed by atoms with Gasteiger partial charge in [-0.3, -0.25) is 4.79 Å². The van der Waals surface area contributed by atoms with Crippen LogP contribution in [0, 0.1) is 0 Å². The minimum atomic E-state index is 0.192. The summed E-state index contributed by atoms with van der Waals surface area (Å²) in [5.74, 6) is 0.192. The number of aromatic nitrogens is 1. The summed E-state index contributed by atoms with van der Waals surface area (Å²) < 4.78 is 1.92. The summed E-state index contributed by atoms with van der Waals surface area (Å²) in [6.07, 6.45) is 8.65. The molecule has 0 N–H and O–H groups in total. The van der Waals surface area contributed by atoms with Crippen molar-refractivity contribution in [1.82, 2.24) is 9.47 Å². The fourth-order valence-electron chi connectivity index (χ4n) is 2.09. The van der Waals surface area contributed by atoms with Crippen LogP contribution in [-0.2, 0) is 7.05 Å². The van der Waals surface area contributed by atoms with Crippen LogP contribution in [0.5, 0.6) is 0 Å². The van der Waals surface area contributed by atoms with E-state index in [2.05, 4.69) is 0 Å². The van der Waals surface area contributed by atoms with Crippen molar-refractivity contribution in [1.29, 1.82) is 0 Å². The molecule has 3 heteroatoms. The topological polar surface area (TPSA) is 25.2 Å². The minimum absolute atomic E-state index is 0.192. The minimum Gasteiger partial charge on any atom is -0.356 e. The maximum absolute atomic E-state index is 12.1. The fraction of sp³-hybridized carbons (Fsp3) is 0.583. The van der Waals surface area contributed by atoms with Crippen molar-refractivity contribution < 1.29 is 4.79 Å². The first-order chi connectivity index (χ1) is 7.27. The molecule has 1 aliphatic heterocycles. The van der Waals surface area contributed by atoms with E-state index < -0.39 is 0 Å². The van der Waals surface area contributed by atoms with E-state index in [4.69, 9.17) is 0 Å². The first kappa shape index (κ1) is 10.3. The quantitative estimate of drug-likeness (QED) is 0.690. The maximum Gasteiger partial charge on any atom is 0.255 e. The SMILES string of the molecule is Cn1ccc(C(=O)N2CCCCCC2)c1. The first-order valence-corrected chi connectivity index (χ1v) is 5.68. The molecule has 15 heavy (non-hydrogen) atoms. The van der Waals surface area contributed by atoms with Crippen LogP contribution >= 0.6 is 0 Å². The standard InChI is InChI=1S/C12H18N2O/c1-13-9-6-11(10-13)12(15)14-7-4-2-3-5-8-14/h6,9-10H,2-5,7-8H2,1H3. The van der Waals surface area contributed by atoms with Gasteiger partial charge in [0.05, 0.1) is 5.56 Å². The lowest BCUT2D eigenvalue weighted by Gasteiger charge is -2.19. The largest absolute Gasteiger partial charge is 0.356 e. The Bertz CT molecular complexity index is 335. The van der Waals surface area contributed by atoms with Gasteiger partial charge in [0.2, 0.25) is 0 Å². The molecular weight excluding hydrogens is 188 g/mol. The van der Waals surface area contributed by atoms with Crippen LogP contribution in [0.1, 0.15) is 36.0 Å². The van der Waals surface area contributed by atoms with Gasteiger partial charge in [-0.2, -0.15) is 0 Å². The van der Waals surface area contributed by atoms with Crippen LogP contribution < -0.4 is 0 Å². The van der Waals surface area contributed by atoms with E-state index >= 15 is 0 Å². The highest BCUT2D eigenvalue weighted by Crippen LogP contribution is 2.13. The Labute approximate surface area is 90.7 Å². The number of hydrogen-bond acceptors (Lipinski definition) is 1. The van der Waals surface area contributed by atoms with Gasteiger partial charge in [0.15, 0.2) is 0 Å². The first-order valence-electron chi connectivity index (χ1n) is 5.68. The molecule has 0 unspecified atom stereocenters. The van der Waals surface area contributed by atoms with Crippen molar-refractivity contribution in [2.24, 2.45) is 7.05 Å². The molecule has 0 aliphatic carbocycles. The van der Waals surface area contributed by atoms with Gasteiger partial charge in [-0.25, -0.2) is 0 Å². The van der Waals surface area contributed by atoms with E-state index in [9.17, 15) is 4.79 Å². The van der Waals surface area contributed by atoms with Gasteiger partial charge in [-0.1, -0.05) is 12.8 Å². The third-order valence-corrected chi connectivity index (χ3v) is 2.97. The summed E-state index contributed by atoms with van der Waals surface area (Å²) in [5, 5.41) is 0. The number of likely N-dealkylation sites (tertiary alicyclic amines) is 1. The maximum atomic E-state index is 12.1. The highest BCUT2D eigenvalue weighted by atomic mass is 16.2. The second-order valence-corrected chi connectivity index (χ2v) is 4.27. The predicted octanol–water partition coefficient (Wildman–Crippen LogP) is 2.04. The second-order valence-electron chi connectivity index (χ2n) is 4.27. The molecule has 1 saturated heterocycles. The molecule has 1 fully saturated rings. The molecular formula is C12H18N2O. The second kappa shape index (κ2) is 4.51. The molecule has 0 radical (unpaired) electrons. The number of hydrogen-bond donors (Lipinski definition) is 0. The van der Waals surface area contributed by atoms with E-state index in [1.165, 1.54) is 12.8 Å². The third-order valence-electron chi connectivity index (χ3n) is 2.97. The third kappa shape index (κ3) is 2.41. The number of carbonyl (C=O) groups is 1. The van der Waals surface area contributed by atoms with Gasteiger partial charge in [-0.15, -0.1) is 0 Å². The van der Waals surface area contributed by atoms with Crippen LogP contribution in [0.25, 0.3) is 0 Å². The molecule has 0 bridgehead atoms. The summed E-state index contributed by atoms with van der Waals surface area (Å²) in [6, 6.07) is 1.90. The molecule has 0 saturated carbocycles. The molecule has 3 nitrogen and oxygen atoms in total. The van der Waals surface area contributed by atoms with Crippen LogP contribution in [0.4, 0.5) is 0 Å². The van der Waals surface area contributed by atoms with Crippen LogP contribution in [0.2, 0.25) is 0 Å². The highest BCUT2D eigenvalue weighted by molar-refractivity contribution is 5.94. The van der Waals surface area contributed by atoms with Gasteiger partial charge < -0.3 is 9.47 Å². The van der Waals surface area contributed by atoms with E-state index in [1.54, 1.807) is 0 Å². The molecule has 0 atom stereocenters. The summed E-state index contributed by atoms with van der Waals surface area (Å²) in [7, 11) is 1.94. The average molecular weight is 206 g/mol. The molecule has 1 amide bonds. The molecule has 1 aromatic heterocycles. The van der Waals surface area contributed by atoms with Crippen molar-refractivity contribution in [2.75, 3.05) is 13.1 Å². The highest BCUT2D eigenvalue weighted by Gasteiger charge is 2.17. The van der Waals surface area contributed by atoms with Gasteiger partial charge >= 0.3 is 0 Å². The lowest BCUT2D eigenvalue weighted by atomic mass is 10.2. The Hall–Kier alpha value is -1.25. The fourth-order valence-corrected chi connectivity index (χ4v) is 2.09. The number of nitrogens with zero attached hydrogens (tertiary/aromatic N) is 2. The number of amides is 1. The van der Waals surface area contributed by atoms with Gasteiger partial charge in [0.25, 0.3) is 5.91 Å². The van der Waals surface area contributed by atoms with Gasteiger partial charge in [-0.05, 0) is 18.9 Å². The number of carbonyl (C=O) groups excluding carboxylic acids is 1. The summed E-state index contributed by atoms with van der Waals surface area (Å²) >= 11 is 0. The number of aryl methyl sites for hydroxylation is 1. The zero-order chi connectivity index (χ0) is 10.7. The summed E-state index contributed by atoms with van der Waals surface area (Å²) in [6.45, 7) is 1.85. The van der Waals surface area contributed by atoms with E-state index in [1.807, 2.05) is 35.0 Å². The monoisotopic (exact) mass is 206 g/mol. The van der Waals surface area contributed by atoms with E-state index in [-0.39, 0.29) is 5.91 Å². The molecule has 0 aromatic carbocycles. The Morgan fingerprint density at radius 1 is 1.20 bits per heavy atom. The van der Waals surface area contributed by atoms with Crippen LogP contribution in [0.3, 0.4) is 0 Å². The zero-order valence-electron chi connectivity index (χ0n) is 9.28. The Morgan fingerprint density at radius 2 is 1.87 bits per heavy atom.